The number of hydrogen-bond donors (Lipinski definition) is 0. The maximum absolute atomic E-state index is 4.01. The van der Waals surface area contributed by atoms with Gasteiger partial charge in [0.1, 0.15) is 0 Å². The van der Waals surface area contributed by atoms with E-state index < -0.39 is 0 Å². The number of pyridine rings is 2. The van der Waals surface area contributed by atoms with Gasteiger partial charge >= 0.3 is 0 Å². The van der Waals surface area contributed by atoms with Crippen molar-refractivity contribution >= 4 is 0 Å². The van der Waals surface area contributed by atoms with E-state index in [-0.39, 0.29) is 0 Å². The minimum Gasteiger partial charge on any atom is -0.265 e. The van der Waals surface area contributed by atoms with Gasteiger partial charge in [-0.05, 0) is 67.5 Å². The van der Waals surface area contributed by atoms with Gasteiger partial charge in [-0.15, -0.1) is 0 Å². The smallest absolute Gasteiger partial charge is 0.0270 e. The van der Waals surface area contributed by atoms with E-state index in [1.165, 1.54) is 11.1 Å². The summed E-state index contributed by atoms with van der Waals surface area (Å²) in [5.41, 5.74) is 2.72. The predicted octanol–water partition coefficient (Wildman–Crippen LogP) is 3.25. The van der Waals surface area contributed by atoms with E-state index in [0.717, 1.165) is 25.7 Å². The predicted molar refractivity (Wildman–Crippen MR) is 69.4 cm³/mol. The lowest BCUT2D eigenvalue weighted by Crippen LogP contribution is -1.90. The lowest BCUT2D eigenvalue weighted by Gasteiger charge is -2.02. The molecule has 0 saturated carbocycles. The molecule has 2 rings (SSSR count). The normalized spacial score (nSPS) is 10.4. The van der Waals surface area contributed by atoms with Crippen molar-refractivity contribution in [2.45, 2.75) is 25.7 Å². The Hall–Kier alpha value is -1.70. The molecule has 0 bridgehead atoms. The zero-order valence-electron chi connectivity index (χ0n) is 9.92. The second kappa shape index (κ2) is 6.79. The van der Waals surface area contributed by atoms with Crippen LogP contribution in [0.2, 0.25) is 0 Å². The van der Waals surface area contributed by atoms with Gasteiger partial charge in [-0.25, -0.2) is 0 Å². The van der Waals surface area contributed by atoms with Crippen molar-refractivity contribution in [1.82, 2.24) is 9.97 Å². The highest BCUT2D eigenvalue weighted by Crippen LogP contribution is 2.07. The topological polar surface area (TPSA) is 25.8 Å². The van der Waals surface area contributed by atoms with E-state index >= 15 is 0 Å². The minimum atomic E-state index is 1.11. The standard InChI is InChI=1S/C15H17N2/c1(2-4-14-6-10-16-11-7-14)3-5-15-8-12-17-13-9-15/h1,6-13H,2-5H2. The van der Waals surface area contributed by atoms with E-state index in [1.807, 2.05) is 24.8 Å². The Balaban J connectivity index is 1.61. The monoisotopic (exact) mass is 225 g/mol. The molecule has 0 spiro atoms. The largest absolute Gasteiger partial charge is 0.265 e. The Morgan fingerprint density at radius 3 is 1.53 bits per heavy atom. The molecule has 1 radical (unpaired) electrons. The van der Waals surface area contributed by atoms with Crippen molar-refractivity contribution in [3.05, 3.63) is 66.6 Å². The summed E-state index contributed by atoms with van der Waals surface area (Å²) < 4.78 is 0. The molecule has 2 aromatic heterocycles. The molecule has 0 N–H and O–H groups in total. The summed E-state index contributed by atoms with van der Waals surface area (Å²) in [6.45, 7) is 0. The molecule has 2 nitrogen and oxygen atoms in total. The van der Waals surface area contributed by atoms with Crippen LogP contribution in [0.4, 0.5) is 0 Å². The van der Waals surface area contributed by atoms with Crippen LogP contribution in [-0.2, 0) is 12.8 Å². The number of unbranched alkanes of at least 4 members (excludes halogenated alkanes) is 2. The highest BCUT2D eigenvalue weighted by Gasteiger charge is 1.95. The van der Waals surface area contributed by atoms with Gasteiger partial charge in [-0.3, -0.25) is 9.97 Å². The SMILES string of the molecule is [CH](CCc1ccncc1)CCc1ccncc1. The second-order valence-corrected chi connectivity index (χ2v) is 4.08. The highest BCUT2D eigenvalue weighted by molar-refractivity contribution is 5.11. The Bertz CT molecular complexity index is 370. The van der Waals surface area contributed by atoms with Gasteiger partial charge in [0, 0.05) is 24.8 Å². The zero-order valence-corrected chi connectivity index (χ0v) is 9.92. The van der Waals surface area contributed by atoms with Gasteiger partial charge in [0.25, 0.3) is 0 Å². The first-order valence-electron chi connectivity index (χ1n) is 6.04. The molecule has 0 aliphatic rings. The molecular formula is C15H17N2. The molecule has 0 aliphatic heterocycles. The van der Waals surface area contributed by atoms with Crippen LogP contribution in [0.25, 0.3) is 0 Å². The van der Waals surface area contributed by atoms with Crippen molar-refractivity contribution in [2.75, 3.05) is 0 Å². The summed E-state index contributed by atoms with van der Waals surface area (Å²) in [7, 11) is 0. The summed E-state index contributed by atoms with van der Waals surface area (Å²) in [5, 5.41) is 0. The first-order chi connectivity index (χ1) is 8.45. The fourth-order valence-corrected chi connectivity index (χ4v) is 1.78. The molecule has 0 fully saturated rings. The number of aromatic nitrogens is 2. The average Bonchev–Trinajstić information content (AvgIpc) is 2.41. The van der Waals surface area contributed by atoms with Crippen LogP contribution in [0.15, 0.2) is 49.1 Å². The molecule has 2 heterocycles. The number of aryl methyl sites for hydroxylation is 2. The molecule has 0 saturated heterocycles. The average molecular weight is 225 g/mol. The van der Waals surface area contributed by atoms with Gasteiger partial charge < -0.3 is 0 Å². The van der Waals surface area contributed by atoms with Crippen LogP contribution in [-0.4, -0.2) is 9.97 Å². The summed E-state index contributed by atoms with van der Waals surface area (Å²) in [5.74, 6) is 0. The zero-order chi connectivity index (χ0) is 11.8. The summed E-state index contributed by atoms with van der Waals surface area (Å²) in [4.78, 5) is 8.03. The third kappa shape index (κ3) is 4.35. The van der Waals surface area contributed by atoms with Gasteiger partial charge in [0.15, 0.2) is 0 Å². The van der Waals surface area contributed by atoms with E-state index in [9.17, 15) is 0 Å². The molecule has 0 atom stereocenters. The Labute approximate surface area is 103 Å². The molecule has 0 aliphatic carbocycles. The minimum absolute atomic E-state index is 1.11. The molecule has 2 aromatic rings. The first-order valence-corrected chi connectivity index (χ1v) is 6.04. The quantitative estimate of drug-likeness (QED) is 0.705. The Morgan fingerprint density at radius 1 is 0.706 bits per heavy atom. The number of rotatable bonds is 6. The molecule has 0 unspecified atom stereocenters. The van der Waals surface area contributed by atoms with Gasteiger partial charge in [0.05, 0.1) is 0 Å². The Morgan fingerprint density at radius 2 is 1.12 bits per heavy atom. The van der Waals surface area contributed by atoms with Crippen LogP contribution < -0.4 is 0 Å². The van der Waals surface area contributed by atoms with Crippen molar-refractivity contribution in [2.24, 2.45) is 0 Å². The fraction of sp³-hybridized carbons (Fsp3) is 0.267. The highest BCUT2D eigenvalue weighted by atomic mass is 14.6. The third-order valence-corrected chi connectivity index (χ3v) is 2.77. The fourth-order valence-electron chi connectivity index (χ4n) is 1.78. The van der Waals surface area contributed by atoms with Crippen molar-refractivity contribution in [3.63, 3.8) is 0 Å². The van der Waals surface area contributed by atoms with E-state index in [4.69, 9.17) is 0 Å². The molecule has 0 aromatic carbocycles. The number of hydrogen-bond acceptors (Lipinski definition) is 2. The third-order valence-electron chi connectivity index (χ3n) is 2.77. The van der Waals surface area contributed by atoms with Crippen molar-refractivity contribution in [3.8, 4) is 0 Å². The molecule has 17 heavy (non-hydrogen) atoms. The molecular weight excluding hydrogens is 208 g/mol. The van der Waals surface area contributed by atoms with Gasteiger partial charge in [-0.1, -0.05) is 0 Å². The molecule has 87 valence electrons. The van der Waals surface area contributed by atoms with Crippen LogP contribution >= 0.6 is 0 Å². The maximum Gasteiger partial charge on any atom is 0.0270 e. The first kappa shape index (κ1) is 11.8. The van der Waals surface area contributed by atoms with E-state index in [2.05, 4.69) is 40.7 Å². The maximum atomic E-state index is 4.01. The van der Waals surface area contributed by atoms with Gasteiger partial charge in [-0.2, -0.15) is 0 Å². The summed E-state index contributed by atoms with van der Waals surface area (Å²) in [6, 6.07) is 8.32. The lowest BCUT2D eigenvalue weighted by molar-refractivity contribution is 0.826. The van der Waals surface area contributed by atoms with Crippen LogP contribution in [0.3, 0.4) is 0 Å². The van der Waals surface area contributed by atoms with Crippen LogP contribution in [0.5, 0.6) is 0 Å². The van der Waals surface area contributed by atoms with E-state index in [1.54, 1.807) is 0 Å². The summed E-state index contributed by atoms with van der Waals surface area (Å²) in [6.07, 6.45) is 14.3. The van der Waals surface area contributed by atoms with Crippen molar-refractivity contribution < 1.29 is 0 Å². The summed E-state index contributed by atoms with van der Waals surface area (Å²) >= 11 is 0. The lowest BCUT2D eigenvalue weighted by atomic mass is 10.0. The van der Waals surface area contributed by atoms with Crippen LogP contribution in [0, 0.1) is 6.42 Å². The van der Waals surface area contributed by atoms with E-state index in [0.29, 0.717) is 0 Å². The van der Waals surface area contributed by atoms with Gasteiger partial charge in [0.2, 0.25) is 0 Å². The molecule has 0 amide bonds. The van der Waals surface area contributed by atoms with Crippen LogP contribution in [0.1, 0.15) is 24.0 Å². The molecule has 2 heteroatoms. The Kier molecular flexibility index (Phi) is 4.70. The second-order valence-electron chi connectivity index (χ2n) is 4.08. The van der Waals surface area contributed by atoms with Crippen molar-refractivity contribution in [1.29, 1.82) is 0 Å². The number of nitrogens with zero attached hydrogens (tertiary/aromatic N) is 2.